The van der Waals surface area contributed by atoms with Gasteiger partial charge in [0.1, 0.15) is 23.8 Å². The average molecular weight is 405 g/mol. The minimum Gasteiger partial charge on any atom is -0.306 e. The van der Waals surface area contributed by atoms with Crippen LogP contribution in [0.3, 0.4) is 0 Å². The Labute approximate surface area is 140 Å². The summed E-state index contributed by atoms with van der Waals surface area (Å²) in [4.78, 5) is 24.6. The number of carbonyl (C=O) groups is 1. The van der Waals surface area contributed by atoms with Crippen molar-refractivity contribution < 1.29 is 4.79 Å². The molecule has 0 spiro atoms. The Hall–Kier alpha value is -2.29. The standard InChI is InChI=1S/C15H12IN5O/c1-10-17-6-7-21(10)14-8-13(18-9-19-14)20-15(22)11-2-4-12(16)5-3-11/h2-9H,1H3,(H,18,19,20,22). The Morgan fingerprint density at radius 3 is 2.64 bits per heavy atom. The second kappa shape index (κ2) is 6.22. The highest BCUT2D eigenvalue weighted by Crippen LogP contribution is 2.13. The van der Waals surface area contributed by atoms with Crippen LogP contribution in [0.4, 0.5) is 5.82 Å². The van der Waals surface area contributed by atoms with E-state index < -0.39 is 0 Å². The molecule has 6 nitrogen and oxygen atoms in total. The molecule has 0 aliphatic carbocycles. The van der Waals surface area contributed by atoms with Gasteiger partial charge < -0.3 is 5.32 Å². The number of hydrogen-bond donors (Lipinski definition) is 1. The lowest BCUT2D eigenvalue weighted by Gasteiger charge is -2.07. The largest absolute Gasteiger partial charge is 0.306 e. The number of imidazole rings is 1. The van der Waals surface area contributed by atoms with Crippen molar-refractivity contribution in [1.29, 1.82) is 0 Å². The first-order chi connectivity index (χ1) is 10.6. The Morgan fingerprint density at radius 1 is 1.18 bits per heavy atom. The molecule has 2 heterocycles. The van der Waals surface area contributed by atoms with E-state index in [0.29, 0.717) is 17.2 Å². The molecule has 0 atom stereocenters. The second-order valence-electron chi connectivity index (χ2n) is 4.57. The van der Waals surface area contributed by atoms with Crippen LogP contribution >= 0.6 is 22.6 Å². The maximum Gasteiger partial charge on any atom is 0.256 e. The first-order valence-corrected chi connectivity index (χ1v) is 7.60. The Bertz CT molecular complexity index is 813. The van der Waals surface area contributed by atoms with Crippen LogP contribution in [0.2, 0.25) is 0 Å². The summed E-state index contributed by atoms with van der Waals surface area (Å²) in [5.74, 6) is 1.71. The topological polar surface area (TPSA) is 72.7 Å². The predicted molar refractivity (Wildman–Crippen MR) is 91.0 cm³/mol. The maximum absolute atomic E-state index is 12.2. The lowest BCUT2D eigenvalue weighted by Crippen LogP contribution is -2.13. The van der Waals surface area contributed by atoms with E-state index >= 15 is 0 Å². The van der Waals surface area contributed by atoms with Gasteiger partial charge in [0, 0.05) is 27.6 Å². The molecule has 0 saturated heterocycles. The summed E-state index contributed by atoms with van der Waals surface area (Å²) >= 11 is 2.20. The molecule has 3 aromatic rings. The number of rotatable bonds is 3. The van der Waals surface area contributed by atoms with Crippen LogP contribution in [-0.4, -0.2) is 25.4 Å². The molecule has 1 N–H and O–H groups in total. The van der Waals surface area contributed by atoms with E-state index in [9.17, 15) is 4.79 Å². The molecular weight excluding hydrogens is 393 g/mol. The van der Waals surface area contributed by atoms with Gasteiger partial charge in [0.2, 0.25) is 0 Å². The third-order valence-electron chi connectivity index (χ3n) is 3.07. The minimum absolute atomic E-state index is 0.205. The molecule has 0 fully saturated rings. The lowest BCUT2D eigenvalue weighted by atomic mass is 10.2. The van der Waals surface area contributed by atoms with Crippen LogP contribution in [0.5, 0.6) is 0 Å². The number of aromatic nitrogens is 4. The van der Waals surface area contributed by atoms with Crippen molar-refractivity contribution >= 4 is 34.3 Å². The molecule has 0 saturated carbocycles. The van der Waals surface area contributed by atoms with Gasteiger partial charge in [-0.05, 0) is 53.8 Å². The van der Waals surface area contributed by atoms with Crippen molar-refractivity contribution in [3.05, 3.63) is 64.0 Å². The van der Waals surface area contributed by atoms with Gasteiger partial charge in [-0.1, -0.05) is 0 Å². The number of amides is 1. The van der Waals surface area contributed by atoms with Gasteiger partial charge in [-0.25, -0.2) is 15.0 Å². The molecule has 7 heteroatoms. The van der Waals surface area contributed by atoms with Gasteiger partial charge in [0.15, 0.2) is 0 Å². The van der Waals surface area contributed by atoms with Crippen molar-refractivity contribution in [3.8, 4) is 5.82 Å². The fourth-order valence-electron chi connectivity index (χ4n) is 1.96. The third-order valence-corrected chi connectivity index (χ3v) is 3.79. The zero-order chi connectivity index (χ0) is 15.5. The number of anilines is 1. The van der Waals surface area contributed by atoms with Crippen molar-refractivity contribution in [1.82, 2.24) is 19.5 Å². The van der Waals surface area contributed by atoms with E-state index in [4.69, 9.17) is 0 Å². The smallest absolute Gasteiger partial charge is 0.256 e. The zero-order valence-corrected chi connectivity index (χ0v) is 13.9. The number of hydrogen-bond acceptors (Lipinski definition) is 4. The fourth-order valence-corrected chi connectivity index (χ4v) is 2.32. The number of aryl methyl sites for hydroxylation is 1. The Balaban J connectivity index is 1.82. The van der Waals surface area contributed by atoms with Crippen molar-refractivity contribution in [2.75, 3.05) is 5.32 Å². The third kappa shape index (κ3) is 3.14. The van der Waals surface area contributed by atoms with Gasteiger partial charge in [-0.2, -0.15) is 0 Å². The van der Waals surface area contributed by atoms with Gasteiger partial charge >= 0.3 is 0 Å². The molecule has 0 unspecified atom stereocenters. The lowest BCUT2D eigenvalue weighted by molar-refractivity contribution is 0.102. The summed E-state index contributed by atoms with van der Waals surface area (Å²) in [6.45, 7) is 1.88. The molecule has 110 valence electrons. The highest BCUT2D eigenvalue weighted by Gasteiger charge is 2.09. The van der Waals surface area contributed by atoms with Crippen LogP contribution in [0.1, 0.15) is 16.2 Å². The van der Waals surface area contributed by atoms with Crippen LogP contribution in [0.25, 0.3) is 5.82 Å². The van der Waals surface area contributed by atoms with Crippen LogP contribution < -0.4 is 5.32 Å². The molecule has 3 rings (SSSR count). The Morgan fingerprint density at radius 2 is 1.95 bits per heavy atom. The second-order valence-corrected chi connectivity index (χ2v) is 5.81. The van der Waals surface area contributed by atoms with Crippen molar-refractivity contribution in [2.24, 2.45) is 0 Å². The predicted octanol–water partition coefficient (Wildman–Crippen LogP) is 2.83. The highest BCUT2D eigenvalue weighted by atomic mass is 127. The molecular formula is C15H12IN5O. The molecule has 0 aliphatic heterocycles. The highest BCUT2D eigenvalue weighted by molar-refractivity contribution is 14.1. The van der Waals surface area contributed by atoms with Crippen LogP contribution in [0, 0.1) is 10.5 Å². The molecule has 1 amide bonds. The van der Waals surface area contributed by atoms with Gasteiger partial charge in [-0.3, -0.25) is 9.36 Å². The summed E-state index contributed by atoms with van der Waals surface area (Å²) < 4.78 is 2.90. The molecule has 0 bridgehead atoms. The number of nitrogens with one attached hydrogen (secondary N) is 1. The van der Waals surface area contributed by atoms with Gasteiger partial charge in [0.25, 0.3) is 5.91 Å². The quantitative estimate of drug-likeness (QED) is 0.681. The van der Waals surface area contributed by atoms with E-state index in [-0.39, 0.29) is 5.91 Å². The first-order valence-electron chi connectivity index (χ1n) is 6.53. The van der Waals surface area contributed by atoms with E-state index in [2.05, 4.69) is 42.9 Å². The minimum atomic E-state index is -0.205. The molecule has 1 aromatic carbocycles. The van der Waals surface area contributed by atoms with E-state index in [0.717, 1.165) is 9.39 Å². The van der Waals surface area contributed by atoms with Crippen molar-refractivity contribution in [2.45, 2.75) is 6.92 Å². The van der Waals surface area contributed by atoms with Crippen molar-refractivity contribution in [3.63, 3.8) is 0 Å². The van der Waals surface area contributed by atoms with Gasteiger partial charge in [-0.15, -0.1) is 0 Å². The summed E-state index contributed by atoms with van der Waals surface area (Å²) in [5.41, 5.74) is 0.583. The molecule has 22 heavy (non-hydrogen) atoms. The van der Waals surface area contributed by atoms with E-state index in [1.165, 1.54) is 6.33 Å². The maximum atomic E-state index is 12.2. The zero-order valence-electron chi connectivity index (χ0n) is 11.7. The summed E-state index contributed by atoms with van der Waals surface area (Å²) in [7, 11) is 0. The molecule has 2 aromatic heterocycles. The number of carbonyl (C=O) groups excluding carboxylic acids is 1. The Kier molecular flexibility index (Phi) is 4.14. The number of nitrogens with zero attached hydrogens (tertiary/aromatic N) is 4. The molecule has 0 radical (unpaired) electrons. The van der Waals surface area contributed by atoms with Crippen LogP contribution in [0.15, 0.2) is 49.1 Å². The summed E-state index contributed by atoms with van der Waals surface area (Å²) in [6.07, 6.45) is 4.92. The fraction of sp³-hybridized carbons (Fsp3) is 0.0667. The monoisotopic (exact) mass is 405 g/mol. The SMILES string of the molecule is Cc1nccn1-c1cc(NC(=O)c2ccc(I)cc2)ncn1. The molecule has 0 aliphatic rings. The van der Waals surface area contributed by atoms with E-state index in [1.54, 1.807) is 24.4 Å². The van der Waals surface area contributed by atoms with Crippen LogP contribution in [-0.2, 0) is 0 Å². The van der Waals surface area contributed by atoms with Gasteiger partial charge in [0.05, 0.1) is 0 Å². The average Bonchev–Trinajstić information content (AvgIpc) is 2.94. The number of benzene rings is 1. The first kappa shape index (κ1) is 14.6. The number of halogens is 1. The van der Waals surface area contributed by atoms with E-state index in [1.807, 2.05) is 29.8 Å². The summed E-state index contributed by atoms with van der Waals surface area (Å²) in [6, 6.07) is 9.03. The normalized spacial score (nSPS) is 10.5. The summed E-state index contributed by atoms with van der Waals surface area (Å²) in [5, 5.41) is 2.77.